The van der Waals surface area contributed by atoms with Crippen molar-refractivity contribution in [1.29, 1.82) is 0 Å². The predicted molar refractivity (Wildman–Crippen MR) is 108 cm³/mol. The van der Waals surface area contributed by atoms with E-state index in [4.69, 9.17) is 34.4 Å². The molecule has 1 heterocycles. The zero-order chi connectivity index (χ0) is 20.1. The van der Waals surface area contributed by atoms with Crippen LogP contribution in [0, 0.1) is 18.2 Å². The van der Waals surface area contributed by atoms with Crippen LogP contribution in [0.15, 0.2) is 36.7 Å². The maximum atomic E-state index is 13.4. The Bertz CT molecular complexity index is 1090. The number of hydrogen-bond acceptors (Lipinski definition) is 5. The molecule has 0 aliphatic rings. The monoisotopic (exact) mass is 418 g/mol. The molecule has 0 saturated heterocycles. The molecular weight excluding hydrogens is 406 g/mol. The van der Waals surface area contributed by atoms with Crippen LogP contribution in [0.3, 0.4) is 0 Å². The normalized spacial score (nSPS) is 10.4. The number of ether oxygens (including phenoxy) is 1. The maximum Gasteiger partial charge on any atom is 0.239 e. The Kier molecular flexibility index (Phi) is 6.14. The van der Waals surface area contributed by atoms with Crippen molar-refractivity contribution in [3.8, 4) is 18.1 Å². The van der Waals surface area contributed by atoms with E-state index in [0.717, 1.165) is 0 Å². The highest BCUT2D eigenvalue weighted by Gasteiger charge is 2.13. The van der Waals surface area contributed by atoms with Crippen molar-refractivity contribution < 1.29 is 13.9 Å². The van der Waals surface area contributed by atoms with Crippen molar-refractivity contribution in [2.45, 2.75) is 0 Å². The van der Waals surface area contributed by atoms with Crippen LogP contribution < -0.4 is 15.4 Å². The van der Waals surface area contributed by atoms with Crippen LogP contribution in [0.25, 0.3) is 10.9 Å². The minimum Gasteiger partial charge on any atom is -0.479 e. The number of nitrogens with zero attached hydrogens (tertiary/aromatic N) is 2. The first-order valence-corrected chi connectivity index (χ1v) is 8.86. The summed E-state index contributed by atoms with van der Waals surface area (Å²) in [7, 11) is 0. The zero-order valence-corrected chi connectivity index (χ0v) is 15.8. The first kappa shape index (κ1) is 19.7. The molecule has 0 bridgehead atoms. The van der Waals surface area contributed by atoms with Crippen LogP contribution >= 0.6 is 23.2 Å². The van der Waals surface area contributed by atoms with Crippen molar-refractivity contribution in [2.75, 3.05) is 23.1 Å². The number of rotatable bonds is 6. The van der Waals surface area contributed by atoms with E-state index in [9.17, 15) is 9.18 Å². The van der Waals surface area contributed by atoms with E-state index in [1.807, 2.05) is 0 Å². The topological polar surface area (TPSA) is 76.1 Å². The van der Waals surface area contributed by atoms with Gasteiger partial charge in [-0.1, -0.05) is 17.5 Å². The fraction of sp³-hybridized carbons (Fsp3) is 0.105. The third-order valence-corrected chi connectivity index (χ3v) is 4.16. The van der Waals surface area contributed by atoms with E-state index in [1.165, 1.54) is 24.5 Å². The summed E-state index contributed by atoms with van der Waals surface area (Å²) >= 11 is 11.4. The lowest BCUT2D eigenvalue weighted by Crippen LogP contribution is -2.14. The van der Waals surface area contributed by atoms with Gasteiger partial charge in [-0.3, -0.25) is 4.79 Å². The quantitative estimate of drug-likeness (QED) is 0.459. The zero-order valence-electron chi connectivity index (χ0n) is 14.3. The van der Waals surface area contributed by atoms with E-state index >= 15 is 0 Å². The highest BCUT2D eigenvalue weighted by Crippen LogP contribution is 2.33. The average molecular weight is 419 g/mol. The lowest BCUT2D eigenvalue weighted by atomic mass is 10.2. The molecule has 0 fully saturated rings. The second-order valence-electron chi connectivity index (χ2n) is 5.52. The largest absolute Gasteiger partial charge is 0.479 e. The Morgan fingerprint density at radius 1 is 1.29 bits per heavy atom. The number of anilines is 3. The molecule has 3 aromatic rings. The van der Waals surface area contributed by atoms with E-state index in [-0.39, 0.29) is 17.5 Å². The molecule has 6 nitrogen and oxygen atoms in total. The van der Waals surface area contributed by atoms with Gasteiger partial charge in [0.2, 0.25) is 5.91 Å². The van der Waals surface area contributed by atoms with Gasteiger partial charge in [-0.2, -0.15) is 0 Å². The summed E-state index contributed by atoms with van der Waals surface area (Å²) < 4.78 is 18.9. The molecule has 9 heteroatoms. The molecule has 28 heavy (non-hydrogen) atoms. The van der Waals surface area contributed by atoms with Crippen molar-refractivity contribution in [1.82, 2.24) is 9.97 Å². The van der Waals surface area contributed by atoms with Gasteiger partial charge in [0, 0.05) is 17.1 Å². The SMILES string of the molecule is C#CCOc1cc2ncnc(Nc3ccc(F)c(Cl)c3)c2cc1NC(=O)CCl. The van der Waals surface area contributed by atoms with E-state index < -0.39 is 11.7 Å². The van der Waals surface area contributed by atoms with Crippen molar-refractivity contribution in [3.05, 3.63) is 47.5 Å². The Labute approximate surface area is 170 Å². The molecule has 3 rings (SSSR count). The summed E-state index contributed by atoms with van der Waals surface area (Å²) in [5, 5.41) is 6.27. The Balaban J connectivity index is 2.06. The van der Waals surface area contributed by atoms with Gasteiger partial charge in [0.05, 0.1) is 16.2 Å². The first-order valence-electron chi connectivity index (χ1n) is 7.94. The molecule has 0 aliphatic heterocycles. The van der Waals surface area contributed by atoms with Gasteiger partial charge in [0.1, 0.15) is 36.2 Å². The van der Waals surface area contributed by atoms with Gasteiger partial charge in [-0.05, 0) is 24.3 Å². The number of carbonyl (C=O) groups is 1. The Hall–Kier alpha value is -3.08. The highest BCUT2D eigenvalue weighted by molar-refractivity contribution is 6.31. The standard InChI is InChI=1S/C19H13Cl2FN4O2/c1-2-5-28-17-8-15-12(7-16(17)26-18(27)9-20)19(24-10-23-15)25-11-3-4-14(22)13(21)6-11/h1,3-4,6-8,10H,5,9H2,(H,26,27)(H,23,24,25). The molecule has 1 amide bonds. The van der Waals surface area contributed by atoms with E-state index in [1.54, 1.807) is 12.1 Å². The number of amides is 1. The van der Waals surface area contributed by atoms with Crippen LogP contribution in [0.4, 0.5) is 21.6 Å². The van der Waals surface area contributed by atoms with Crippen LogP contribution in [0.1, 0.15) is 0 Å². The molecule has 0 radical (unpaired) electrons. The minimum absolute atomic E-state index is 0.0134. The molecule has 0 saturated carbocycles. The van der Waals surface area contributed by atoms with Gasteiger partial charge in [-0.25, -0.2) is 14.4 Å². The predicted octanol–water partition coefficient (Wildman–Crippen LogP) is 4.36. The van der Waals surface area contributed by atoms with Gasteiger partial charge in [0.25, 0.3) is 0 Å². The molecule has 0 unspecified atom stereocenters. The number of halogens is 3. The molecule has 0 aliphatic carbocycles. The maximum absolute atomic E-state index is 13.4. The van der Waals surface area contributed by atoms with Crippen LogP contribution in [-0.2, 0) is 4.79 Å². The summed E-state index contributed by atoms with van der Waals surface area (Å²) in [5.74, 6) is 1.97. The number of alkyl halides is 1. The van der Waals surface area contributed by atoms with Gasteiger partial charge >= 0.3 is 0 Å². The van der Waals surface area contributed by atoms with Gasteiger partial charge in [-0.15, -0.1) is 18.0 Å². The smallest absolute Gasteiger partial charge is 0.239 e. The number of carbonyl (C=O) groups excluding carboxylic acids is 1. The van der Waals surface area contributed by atoms with Crippen LogP contribution in [0.2, 0.25) is 5.02 Å². The second kappa shape index (κ2) is 8.74. The first-order chi connectivity index (χ1) is 13.5. The summed E-state index contributed by atoms with van der Waals surface area (Å²) in [6.07, 6.45) is 6.60. The fourth-order valence-corrected chi connectivity index (χ4v) is 2.66. The molecule has 1 aromatic heterocycles. The Morgan fingerprint density at radius 3 is 2.82 bits per heavy atom. The summed E-state index contributed by atoms with van der Waals surface area (Å²) in [4.78, 5) is 20.2. The number of aromatic nitrogens is 2. The third-order valence-electron chi connectivity index (χ3n) is 3.63. The number of fused-ring (bicyclic) bond motifs is 1. The van der Waals surface area contributed by atoms with Gasteiger partial charge < -0.3 is 15.4 Å². The van der Waals surface area contributed by atoms with Gasteiger partial charge in [0.15, 0.2) is 0 Å². The number of terminal acetylenes is 1. The Morgan fingerprint density at radius 2 is 2.11 bits per heavy atom. The van der Waals surface area contributed by atoms with E-state index in [2.05, 4.69) is 26.5 Å². The second-order valence-corrected chi connectivity index (χ2v) is 6.19. The van der Waals surface area contributed by atoms with Crippen molar-refractivity contribution in [2.24, 2.45) is 0 Å². The van der Waals surface area contributed by atoms with Crippen molar-refractivity contribution >= 4 is 57.2 Å². The lowest BCUT2D eigenvalue weighted by molar-refractivity contribution is -0.113. The molecule has 2 aromatic carbocycles. The summed E-state index contributed by atoms with van der Waals surface area (Å²) in [6, 6.07) is 7.47. The average Bonchev–Trinajstić information content (AvgIpc) is 2.69. The number of benzene rings is 2. The molecular formula is C19H13Cl2FN4O2. The number of hydrogen-bond donors (Lipinski definition) is 2. The number of nitrogens with one attached hydrogen (secondary N) is 2. The van der Waals surface area contributed by atoms with Crippen molar-refractivity contribution in [3.63, 3.8) is 0 Å². The van der Waals surface area contributed by atoms with E-state index in [0.29, 0.717) is 33.8 Å². The molecule has 142 valence electrons. The molecule has 0 atom stereocenters. The summed E-state index contributed by atoms with van der Waals surface area (Å²) in [6.45, 7) is 0.0134. The van der Waals surface area contributed by atoms with Crippen LogP contribution in [-0.4, -0.2) is 28.4 Å². The van der Waals surface area contributed by atoms with Crippen LogP contribution in [0.5, 0.6) is 5.75 Å². The lowest BCUT2D eigenvalue weighted by Gasteiger charge is -2.14. The fourth-order valence-electron chi connectivity index (χ4n) is 2.41. The molecule has 0 spiro atoms. The third kappa shape index (κ3) is 4.42. The highest BCUT2D eigenvalue weighted by atomic mass is 35.5. The summed E-state index contributed by atoms with van der Waals surface area (Å²) in [5.41, 5.74) is 1.44. The molecule has 2 N–H and O–H groups in total. The minimum atomic E-state index is -0.527.